The average Bonchev–Trinajstić information content (AvgIpc) is 2.59. The van der Waals surface area contributed by atoms with Crippen LogP contribution in [0.4, 0.5) is 5.69 Å². The summed E-state index contributed by atoms with van der Waals surface area (Å²) in [4.78, 5) is 23.0. The van der Waals surface area contributed by atoms with E-state index >= 15 is 0 Å². The molecule has 0 fully saturated rings. The van der Waals surface area contributed by atoms with E-state index in [0.717, 1.165) is 11.5 Å². The number of ether oxygens (including phenoxy) is 2. The second-order valence-corrected chi connectivity index (χ2v) is 5.12. The molecule has 2 amide bonds. The fourth-order valence-corrected chi connectivity index (χ4v) is 2.07. The first-order valence-electron chi connectivity index (χ1n) is 7.55. The van der Waals surface area contributed by atoms with E-state index in [9.17, 15) is 9.59 Å². The van der Waals surface area contributed by atoms with Crippen LogP contribution in [0.5, 0.6) is 11.5 Å². The summed E-state index contributed by atoms with van der Waals surface area (Å²) in [6.45, 7) is 0.432. The number of hydrogen-bond acceptors (Lipinski definition) is 4. The van der Waals surface area contributed by atoms with Crippen LogP contribution in [0.15, 0.2) is 48.5 Å². The number of amides is 2. The van der Waals surface area contributed by atoms with Crippen molar-refractivity contribution >= 4 is 17.5 Å². The average molecular weight is 328 g/mol. The Hall–Kier alpha value is -3.02. The Morgan fingerprint density at radius 1 is 1.08 bits per heavy atom. The van der Waals surface area contributed by atoms with Gasteiger partial charge in [0.1, 0.15) is 11.5 Å². The molecule has 126 valence electrons. The number of benzene rings is 2. The lowest BCUT2D eigenvalue weighted by atomic mass is 10.2. The molecule has 6 nitrogen and oxygen atoms in total. The summed E-state index contributed by atoms with van der Waals surface area (Å²) in [7, 11) is 1.60. The van der Waals surface area contributed by atoms with Crippen LogP contribution in [0.3, 0.4) is 0 Å². The fraction of sp³-hybridized carbons (Fsp3) is 0.222. The Labute approximate surface area is 140 Å². The molecule has 2 rings (SSSR count). The van der Waals surface area contributed by atoms with Crippen LogP contribution in [0, 0.1) is 0 Å². The topological polar surface area (TPSA) is 90.7 Å². The third-order valence-electron chi connectivity index (χ3n) is 3.31. The number of nitrogens with two attached hydrogens (primary N) is 1. The Kier molecular flexibility index (Phi) is 6.19. The van der Waals surface area contributed by atoms with Gasteiger partial charge in [-0.2, -0.15) is 0 Å². The fourth-order valence-electron chi connectivity index (χ4n) is 2.07. The zero-order chi connectivity index (χ0) is 17.4. The van der Waals surface area contributed by atoms with Crippen molar-refractivity contribution in [3.8, 4) is 11.5 Å². The van der Waals surface area contributed by atoms with Gasteiger partial charge >= 0.3 is 0 Å². The molecule has 6 heteroatoms. The molecule has 0 radical (unpaired) electrons. The zero-order valence-corrected chi connectivity index (χ0v) is 13.5. The van der Waals surface area contributed by atoms with Crippen molar-refractivity contribution in [3.05, 3.63) is 54.1 Å². The molecule has 0 heterocycles. The minimum absolute atomic E-state index is 0.144. The molecule has 2 aromatic carbocycles. The van der Waals surface area contributed by atoms with Crippen molar-refractivity contribution in [2.45, 2.75) is 12.8 Å². The second-order valence-electron chi connectivity index (χ2n) is 5.12. The highest BCUT2D eigenvalue weighted by Gasteiger charge is 2.05. The van der Waals surface area contributed by atoms with Gasteiger partial charge in [-0.05, 0) is 48.9 Å². The summed E-state index contributed by atoms with van der Waals surface area (Å²) in [5.74, 6) is 0.819. The van der Waals surface area contributed by atoms with Crippen LogP contribution in [0.1, 0.15) is 23.2 Å². The number of rotatable bonds is 8. The van der Waals surface area contributed by atoms with E-state index in [1.54, 1.807) is 31.4 Å². The van der Waals surface area contributed by atoms with E-state index < -0.39 is 5.91 Å². The first kappa shape index (κ1) is 17.3. The van der Waals surface area contributed by atoms with Gasteiger partial charge < -0.3 is 20.5 Å². The first-order chi connectivity index (χ1) is 11.6. The molecule has 0 saturated carbocycles. The maximum Gasteiger partial charge on any atom is 0.248 e. The third kappa shape index (κ3) is 5.31. The molecule has 0 aliphatic heterocycles. The molecule has 0 unspecified atom stereocenters. The largest absolute Gasteiger partial charge is 0.497 e. The Balaban J connectivity index is 1.73. The summed E-state index contributed by atoms with van der Waals surface area (Å²) in [5.41, 5.74) is 6.11. The monoisotopic (exact) mass is 328 g/mol. The van der Waals surface area contributed by atoms with Crippen molar-refractivity contribution in [1.29, 1.82) is 0 Å². The third-order valence-corrected chi connectivity index (χ3v) is 3.31. The summed E-state index contributed by atoms with van der Waals surface area (Å²) in [6.07, 6.45) is 0.893. The minimum Gasteiger partial charge on any atom is -0.497 e. The number of carbonyl (C=O) groups is 2. The van der Waals surface area contributed by atoms with Gasteiger partial charge in [-0.1, -0.05) is 6.07 Å². The highest BCUT2D eigenvalue weighted by Crippen LogP contribution is 2.17. The lowest BCUT2D eigenvalue weighted by Gasteiger charge is -2.08. The van der Waals surface area contributed by atoms with Crippen molar-refractivity contribution < 1.29 is 19.1 Å². The van der Waals surface area contributed by atoms with Crippen molar-refractivity contribution in [2.24, 2.45) is 5.73 Å². The van der Waals surface area contributed by atoms with Gasteiger partial charge in [0.2, 0.25) is 11.8 Å². The molecular weight excluding hydrogens is 308 g/mol. The number of primary amides is 1. The SMILES string of the molecule is COc1ccc(OCCCC(=O)Nc2cccc(C(N)=O)c2)cc1. The molecule has 0 aliphatic rings. The summed E-state index contributed by atoms with van der Waals surface area (Å²) >= 11 is 0. The molecule has 0 saturated heterocycles. The predicted octanol–water partition coefficient (Wildman–Crippen LogP) is 2.59. The smallest absolute Gasteiger partial charge is 0.248 e. The molecule has 0 bridgehead atoms. The molecule has 2 aromatic rings. The highest BCUT2D eigenvalue weighted by molar-refractivity contribution is 5.96. The number of anilines is 1. The van der Waals surface area contributed by atoms with E-state index in [1.807, 2.05) is 24.3 Å². The van der Waals surface area contributed by atoms with Gasteiger partial charge in [0.25, 0.3) is 0 Å². The maximum absolute atomic E-state index is 11.9. The van der Waals surface area contributed by atoms with Gasteiger partial charge in [-0.25, -0.2) is 0 Å². The van der Waals surface area contributed by atoms with Crippen LogP contribution in [-0.2, 0) is 4.79 Å². The summed E-state index contributed by atoms with van der Waals surface area (Å²) < 4.78 is 10.6. The minimum atomic E-state index is -0.529. The lowest BCUT2D eigenvalue weighted by molar-refractivity contribution is -0.116. The number of hydrogen-bond donors (Lipinski definition) is 2. The van der Waals surface area contributed by atoms with Crippen molar-refractivity contribution in [1.82, 2.24) is 0 Å². The summed E-state index contributed by atoms with van der Waals surface area (Å²) in [6, 6.07) is 13.8. The van der Waals surface area contributed by atoms with Gasteiger partial charge in [0.15, 0.2) is 0 Å². The number of nitrogens with one attached hydrogen (secondary N) is 1. The van der Waals surface area contributed by atoms with Gasteiger partial charge in [0.05, 0.1) is 13.7 Å². The molecule has 0 aliphatic carbocycles. The molecule has 0 aromatic heterocycles. The zero-order valence-electron chi connectivity index (χ0n) is 13.5. The quantitative estimate of drug-likeness (QED) is 0.729. The highest BCUT2D eigenvalue weighted by atomic mass is 16.5. The van der Waals surface area contributed by atoms with Crippen LogP contribution in [0.2, 0.25) is 0 Å². The van der Waals surface area contributed by atoms with Crippen molar-refractivity contribution in [3.63, 3.8) is 0 Å². The molecule has 24 heavy (non-hydrogen) atoms. The first-order valence-corrected chi connectivity index (χ1v) is 7.55. The van der Waals surface area contributed by atoms with Crippen LogP contribution in [0.25, 0.3) is 0 Å². The van der Waals surface area contributed by atoms with Gasteiger partial charge in [-0.15, -0.1) is 0 Å². The van der Waals surface area contributed by atoms with E-state index in [4.69, 9.17) is 15.2 Å². The number of methoxy groups -OCH3 is 1. The normalized spacial score (nSPS) is 10.0. The molecule has 0 atom stereocenters. The Bertz CT molecular complexity index is 698. The maximum atomic E-state index is 11.9. The van der Waals surface area contributed by atoms with E-state index in [0.29, 0.717) is 30.7 Å². The summed E-state index contributed by atoms with van der Waals surface area (Å²) in [5, 5.41) is 2.73. The molecule has 3 N–H and O–H groups in total. The van der Waals surface area contributed by atoms with Crippen LogP contribution < -0.4 is 20.5 Å². The standard InChI is InChI=1S/C18H20N2O4/c1-23-15-7-9-16(10-8-15)24-11-3-6-17(21)20-14-5-2-4-13(12-14)18(19)22/h2,4-5,7-10,12H,3,6,11H2,1H3,(H2,19,22)(H,20,21). The van der Waals surface area contributed by atoms with Gasteiger partial charge in [-0.3, -0.25) is 9.59 Å². The lowest BCUT2D eigenvalue weighted by Crippen LogP contribution is -2.14. The molecular formula is C18H20N2O4. The van der Waals surface area contributed by atoms with E-state index in [1.165, 1.54) is 0 Å². The van der Waals surface area contributed by atoms with Crippen LogP contribution >= 0.6 is 0 Å². The van der Waals surface area contributed by atoms with Crippen LogP contribution in [-0.4, -0.2) is 25.5 Å². The van der Waals surface area contributed by atoms with Gasteiger partial charge in [0, 0.05) is 17.7 Å². The second kappa shape index (κ2) is 8.57. The molecule has 0 spiro atoms. The number of carbonyl (C=O) groups excluding carboxylic acids is 2. The Morgan fingerprint density at radius 3 is 2.46 bits per heavy atom. The predicted molar refractivity (Wildman–Crippen MR) is 91.3 cm³/mol. The van der Waals surface area contributed by atoms with Crippen molar-refractivity contribution in [2.75, 3.05) is 19.0 Å². The Morgan fingerprint density at radius 2 is 1.79 bits per heavy atom. The van der Waals surface area contributed by atoms with E-state index in [-0.39, 0.29) is 5.91 Å². The van der Waals surface area contributed by atoms with E-state index in [2.05, 4.69) is 5.32 Å².